The molecule has 0 aliphatic carbocycles. The number of carbonyl (C=O) groups is 1. The Morgan fingerprint density at radius 3 is 2.40 bits per heavy atom. The number of aromatic nitrogens is 2. The van der Waals surface area contributed by atoms with Crippen molar-refractivity contribution in [3.05, 3.63) is 59.7 Å². The molecular formula is C15H17N3O2. The van der Waals surface area contributed by atoms with E-state index in [1.165, 1.54) is 5.56 Å². The maximum absolute atomic E-state index is 10.4. The summed E-state index contributed by atoms with van der Waals surface area (Å²) >= 11 is 0. The van der Waals surface area contributed by atoms with Gasteiger partial charge in [-0.05, 0) is 12.0 Å². The predicted octanol–water partition coefficient (Wildman–Crippen LogP) is 1.44. The SMILES string of the molecule is O=C(O)CNCc1cnc(CCc2ccccc2)nc1. The molecule has 1 aromatic heterocycles. The van der Waals surface area contributed by atoms with Gasteiger partial charge in [-0.2, -0.15) is 0 Å². The van der Waals surface area contributed by atoms with E-state index in [0.29, 0.717) is 6.54 Å². The van der Waals surface area contributed by atoms with Crippen molar-refractivity contribution in [3.63, 3.8) is 0 Å². The minimum absolute atomic E-state index is 0.0598. The molecule has 5 heteroatoms. The van der Waals surface area contributed by atoms with Gasteiger partial charge in [-0.1, -0.05) is 30.3 Å². The summed E-state index contributed by atoms with van der Waals surface area (Å²) in [6.45, 7) is 0.404. The van der Waals surface area contributed by atoms with E-state index in [4.69, 9.17) is 5.11 Å². The number of hydrogen-bond donors (Lipinski definition) is 2. The maximum atomic E-state index is 10.4. The monoisotopic (exact) mass is 271 g/mol. The summed E-state index contributed by atoms with van der Waals surface area (Å²) in [7, 11) is 0. The minimum atomic E-state index is -0.870. The molecule has 0 atom stereocenters. The molecule has 0 saturated carbocycles. The molecule has 0 amide bonds. The molecule has 20 heavy (non-hydrogen) atoms. The van der Waals surface area contributed by atoms with Crippen LogP contribution in [0.1, 0.15) is 17.0 Å². The first kappa shape index (κ1) is 14.1. The molecule has 0 spiro atoms. The summed E-state index contributed by atoms with van der Waals surface area (Å²) in [6.07, 6.45) is 5.19. The number of hydrogen-bond acceptors (Lipinski definition) is 4. The van der Waals surface area contributed by atoms with Crippen molar-refractivity contribution in [2.75, 3.05) is 6.54 Å². The van der Waals surface area contributed by atoms with E-state index in [1.807, 2.05) is 18.2 Å². The predicted molar refractivity (Wildman–Crippen MR) is 75.2 cm³/mol. The number of benzene rings is 1. The Morgan fingerprint density at radius 1 is 1.05 bits per heavy atom. The van der Waals surface area contributed by atoms with Crippen molar-refractivity contribution in [2.45, 2.75) is 19.4 Å². The van der Waals surface area contributed by atoms with Crippen molar-refractivity contribution in [1.82, 2.24) is 15.3 Å². The summed E-state index contributed by atoms with van der Waals surface area (Å²) < 4.78 is 0. The average Bonchev–Trinajstić information content (AvgIpc) is 2.47. The van der Waals surface area contributed by atoms with E-state index in [1.54, 1.807) is 12.4 Å². The first-order valence-corrected chi connectivity index (χ1v) is 6.50. The average molecular weight is 271 g/mol. The zero-order valence-corrected chi connectivity index (χ0v) is 11.1. The molecule has 104 valence electrons. The Balaban J connectivity index is 1.81. The van der Waals surface area contributed by atoms with E-state index in [0.717, 1.165) is 24.2 Å². The van der Waals surface area contributed by atoms with Gasteiger partial charge in [0.2, 0.25) is 0 Å². The van der Waals surface area contributed by atoms with Crippen LogP contribution in [-0.2, 0) is 24.2 Å². The van der Waals surface area contributed by atoms with Gasteiger partial charge in [-0.3, -0.25) is 4.79 Å². The molecule has 5 nitrogen and oxygen atoms in total. The lowest BCUT2D eigenvalue weighted by Crippen LogP contribution is -2.22. The summed E-state index contributed by atoms with van der Waals surface area (Å²) in [5.41, 5.74) is 2.15. The van der Waals surface area contributed by atoms with E-state index in [-0.39, 0.29) is 6.54 Å². The van der Waals surface area contributed by atoms with E-state index in [9.17, 15) is 4.79 Å². The lowest BCUT2D eigenvalue weighted by atomic mass is 10.1. The van der Waals surface area contributed by atoms with Gasteiger partial charge in [0.25, 0.3) is 0 Å². The van der Waals surface area contributed by atoms with Crippen LogP contribution in [0.25, 0.3) is 0 Å². The molecule has 2 N–H and O–H groups in total. The molecule has 0 bridgehead atoms. The van der Waals surface area contributed by atoms with Gasteiger partial charge in [0, 0.05) is 30.9 Å². The van der Waals surface area contributed by atoms with Crippen LogP contribution in [0.3, 0.4) is 0 Å². The highest BCUT2D eigenvalue weighted by molar-refractivity contribution is 5.68. The molecule has 0 aliphatic rings. The molecule has 0 aliphatic heterocycles. The molecule has 1 heterocycles. The third-order valence-corrected chi connectivity index (χ3v) is 2.84. The largest absolute Gasteiger partial charge is 0.480 e. The van der Waals surface area contributed by atoms with Crippen molar-refractivity contribution in [3.8, 4) is 0 Å². The second-order valence-corrected chi connectivity index (χ2v) is 4.49. The minimum Gasteiger partial charge on any atom is -0.480 e. The van der Waals surface area contributed by atoms with Gasteiger partial charge < -0.3 is 10.4 Å². The first-order valence-electron chi connectivity index (χ1n) is 6.50. The molecular weight excluding hydrogens is 254 g/mol. The molecule has 2 rings (SSSR count). The highest BCUT2D eigenvalue weighted by Crippen LogP contribution is 2.04. The Labute approximate surface area is 117 Å². The van der Waals surface area contributed by atoms with Crippen LogP contribution in [0.5, 0.6) is 0 Å². The van der Waals surface area contributed by atoms with Crippen LogP contribution in [0, 0.1) is 0 Å². The summed E-state index contributed by atoms with van der Waals surface area (Å²) in [5, 5.41) is 11.3. The van der Waals surface area contributed by atoms with Crippen LogP contribution in [0.2, 0.25) is 0 Å². The zero-order chi connectivity index (χ0) is 14.2. The fourth-order valence-electron chi connectivity index (χ4n) is 1.82. The number of rotatable bonds is 7. The van der Waals surface area contributed by atoms with Gasteiger partial charge >= 0.3 is 5.97 Å². The molecule has 0 unspecified atom stereocenters. The molecule has 0 fully saturated rings. The Morgan fingerprint density at radius 2 is 1.75 bits per heavy atom. The van der Waals surface area contributed by atoms with Crippen molar-refractivity contribution < 1.29 is 9.90 Å². The third kappa shape index (κ3) is 4.78. The van der Waals surface area contributed by atoms with E-state index >= 15 is 0 Å². The van der Waals surface area contributed by atoms with Crippen LogP contribution in [0.15, 0.2) is 42.7 Å². The molecule has 1 aromatic carbocycles. The fourth-order valence-corrected chi connectivity index (χ4v) is 1.82. The number of aryl methyl sites for hydroxylation is 2. The lowest BCUT2D eigenvalue weighted by molar-refractivity contribution is -0.135. The maximum Gasteiger partial charge on any atom is 0.317 e. The third-order valence-electron chi connectivity index (χ3n) is 2.84. The number of nitrogens with one attached hydrogen (secondary N) is 1. The van der Waals surface area contributed by atoms with Crippen LogP contribution >= 0.6 is 0 Å². The van der Waals surface area contributed by atoms with Gasteiger partial charge in [-0.25, -0.2) is 9.97 Å². The van der Waals surface area contributed by atoms with Crippen LogP contribution in [0.4, 0.5) is 0 Å². The number of nitrogens with zero attached hydrogens (tertiary/aromatic N) is 2. The van der Waals surface area contributed by atoms with E-state index in [2.05, 4.69) is 27.4 Å². The zero-order valence-electron chi connectivity index (χ0n) is 11.1. The quantitative estimate of drug-likeness (QED) is 0.797. The number of carboxylic acid groups (broad SMARTS) is 1. The number of aliphatic carboxylic acids is 1. The van der Waals surface area contributed by atoms with Gasteiger partial charge in [0.1, 0.15) is 5.82 Å². The van der Waals surface area contributed by atoms with Crippen molar-refractivity contribution >= 4 is 5.97 Å². The topological polar surface area (TPSA) is 75.1 Å². The highest BCUT2D eigenvalue weighted by Gasteiger charge is 2.00. The van der Waals surface area contributed by atoms with Gasteiger partial charge in [0.15, 0.2) is 0 Å². The summed E-state index contributed by atoms with van der Waals surface area (Å²) in [5.74, 6) is -0.0683. The normalized spacial score (nSPS) is 10.4. The molecule has 2 aromatic rings. The van der Waals surface area contributed by atoms with E-state index < -0.39 is 5.97 Å². The lowest BCUT2D eigenvalue weighted by Gasteiger charge is -2.04. The van der Waals surface area contributed by atoms with Crippen LogP contribution < -0.4 is 5.32 Å². The van der Waals surface area contributed by atoms with Crippen molar-refractivity contribution in [2.24, 2.45) is 0 Å². The molecule has 0 radical (unpaired) electrons. The van der Waals surface area contributed by atoms with Crippen LogP contribution in [-0.4, -0.2) is 27.6 Å². The van der Waals surface area contributed by atoms with Gasteiger partial charge in [0.05, 0.1) is 6.54 Å². The first-order chi connectivity index (χ1) is 9.74. The second-order valence-electron chi connectivity index (χ2n) is 4.49. The summed E-state index contributed by atoms with van der Waals surface area (Å²) in [4.78, 5) is 19.0. The van der Waals surface area contributed by atoms with Gasteiger partial charge in [-0.15, -0.1) is 0 Å². The fraction of sp³-hybridized carbons (Fsp3) is 0.267. The van der Waals surface area contributed by atoms with Crippen molar-refractivity contribution in [1.29, 1.82) is 0 Å². The number of carboxylic acids is 1. The standard InChI is InChI=1S/C15H17N3O2/c19-15(20)11-16-8-13-9-17-14(18-10-13)7-6-12-4-2-1-3-5-12/h1-5,9-10,16H,6-8,11H2,(H,19,20). The Kier molecular flexibility index (Phi) is 5.20. The molecule has 0 saturated heterocycles. The summed E-state index contributed by atoms with van der Waals surface area (Å²) in [6, 6.07) is 10.2. The Bertz CT molecular complexity index is 541. The smallest absolute Gasteiger partial charge is 0.317 e. The second kappa shape index (κ2) is 7.35. The Hall–Kier alpha value is -2.27. The highest BCUT2D eigenvalue weighted by atomic mass is 16.4.